The van der Waals surface area contributed by atoms with E-state index in [0.717, 1.165) is 17.0 Å². The van der Waals surface area contributed by atoms with Crippen LogP contribution in [0.2, 0.25) is 0 Å². The number of hydrogen-bond acceptors (Lipinski definition) is 3. The van der Waals surface area contributed by atoms with Crippen LogP contribution in [0.1, 0.15) is 43.1 Å². The Kier molecular flexibility index (Phi) is 5.27. The lowest BCUT2D eigenvalue weighted by Gasteiger charge is -2.39. The quantitative estimate of drug-likeness (QED) is 0.790. The van der Waals surface area contributed by atoms with Crippen molar-refractivity contribution in [2.45, 2.75) is 51.4 Å². The van der Waals surface area contributed by atoms with Crippen LogP contribution in [0.15, 0.2) is 18.2 Å². The summed E-state index contributed by atoms with van der Waals surface area (Å²) >= 11 is 0. The van der Waals surface area contributed by atoms with Gasteiger partial charge in [-0.05, 0) is 57.4 Å². The number of alkyl halides is 3. The van der Waals surface area contributed by atoms with Gasteiger partial charge in [0, 0.05) is 23.8 Å². The molecule has 1 aliphatic rings. The van der Waals surface area contributed by atoms with E-state index in [2.05, 4.69) is 0 Å². The first kappa shape index (κ1) is 20.7. The van der Waals surface area contributed by atoms with Gasteiger partial charge in [0.15, 0.2) is 0 Å². The summed E-state index contributed by atoms with van der Waals surface area (Å²) in [5, 5.41) is 9.57. The number of carbonyl (C=O) groups excluding carboxylic acids is 2. The summed E-state index contributed by atoms with van der Waals surface area (Å²) in [6.07, 6.45) is -5.98. The molecule has 0 radical (unpaired) electrons. The van der Waals surface area contributed by atoms with Gasteiger partial charge < -0.3 is 10.0 Å². The highest BCUT2D eigenvalue weighted by Gasteiger charge is 2.42. The summed E-state index contributed by atoms with van der Waals surface area (Å²) < 4.78 is 38.1. The van der Waals surface area contributed by atoms with E-state index in [-0.39, 0.29) is 12.8 Å². The number of ketones is 1. The van der Waals surface area contributed by atoms with E-state index >= 15 is 0 Å². The molecule has 0 bridgehead atoms. The first-order valence-corrected chi connectivity index (χ1v) is 8.29. The van der Waals surface area contributed by atoms with Gasteiger partial charge in [0.25, 0.3) is 5.78 Å². The van der Waals surface area contributed by atoms with Gasteiger partial charge in [-0.15, -0.1) is 0 Å². The number of halogens is 3. The lowest BCUT2D eigenvalue weighted by Crippen LogP contribution is -2.56. The molecular weight excluding hydrogens is 365 g/mol. The molecule has 0 spiro atoms. The molecule has 1 aliphatic heterocycles. The predicted octanol–water partition coefficient (Wildman–Crippen LogP) is 3.49. The maximum absolute atomic E-state index is 12.9. The van der Waals surface area contributed by atoms with Crippen LogP contribution in [-0.2, 0) is 11.2 Å². The molecule has 1 aromatic rings. The molecule has 6 nitrogen and oxygen atoms in total. The number of benzene rings is 1. The normalized spacial score (nSPS) is 18.0. The molecule has 2 amide bonds. The second-order valence-corrected chi connectivity index (χ2v) is 7.45. The number of amides is 2. The molecule has 1 N–H and O–H groups in total. The zero-order chi connectivity index (χ0) is 20.7. The highest BCUT2D eigenvalue weighted by molar-refractivity contribution is 6.03. The van der Waals surface area contributed by atoms with Crippen molar-refractivity contribution in [3.63, 3.8) is 0 Å². The number of likely N-dealkylation sites (N-methyl/N-ethyl adjacent to an activating group) is 1. The van der Waals surface area contributed by atoms with Crippen molar-refractivity contribution in [1.82, 2.24) is 4.90 Å². The van der Waals surface area contributed by atoms with Gasteiger partial charge >= 0.3 is 12.3 Å². The smallest absolute Gasteiger partial charge is 0.454 e. The predicted molar refractivity (Wildman–Crippen MR) is 92.0 cm³/mol. The minimum Gasteiger partial charge on any atom is -0.465 e. The van der Waals surface area contributed by atoms with E-state index in [9.17, 15) is 32.7 Å². The molecule has 1 atom stereocenters. The average molecular weight is 386 g/mol. The Morgan fingerprint density at radius 3 is 2.30 bits per heavy atom. The van der Waals surface area contributed by atoms with Crippen molar-refractivity contribution >= 4 is 23.5 Å². The number of hydrogen-bond donors (Lipinski definition) is 1. The number of Topliss-reactive ketones (excluding diaryl/α,β-unsaturated/α-hetero) is 1. The van der Waals surface area contributed by atoms with Crippen LogP contribution >= 0.6 is 0 Å². The number of nitrogens with zero attached hydrogens (tertiary/aromatic N) is 2. The summed E-state index contributed by atoms with van der Waals surface area (Å²) in [6.45, 7) is 4.98. The van der Waals surface area contributed by atoms with E-state index in [1.54, 1.807) is 20.8 Å². The van der Waals surface area contributed by atoms with Gasteiger partial charge in [-0.1, -0.05) is 0 Å². The van der Waals surface area contributed by atoms with Gasteiger partial charge in [-0.2, -0.15) is 13.2 Å². The van der Waals surface area contributed by atoms with Gasteiger partial charge in [0.1, 0.15) is 6.04 Å². The van der Waals surface area contributed by atoms with Crippen LogP contribution in [-0.4, -0.2) is 52.6 Å². The second kappa shape index (κ2) is 6.86. The summed E-state index contributed by atoms with van der Waals surface area (Å²) in [5.74, 6) is -2.43. The summed E-state index contributed by atoms with van der Waals surface area (Å²) in [7, 11) is 1.44. The minimum absolute atomic E-state index is 0.101. The number of carbonyl (C=O) groups is 3. The fourth-order valence-electron chi connectivity index (χ4n) is 3.30. The lowest BCUT2D eigenvalue weighted by atomic mass is 9.98. The zero-order valence-electron chi connectivity index (χ0n) is 15.4. The van der Waals surface area contributed by atoms with Crippen LogP contribution in [0.4, 0.5) is 23.7 Å². The van der Waals surface area contributed by atoms with Gasteiger partial charge in [0.2, 0.25) is 5.91 Å². The standard InChI is InChI=1S/C18H21F3N2O4/c1-17(2,3)23(16(26)27)13-8-5-10-9-11(14(24)18(19,20)21)6-7-12(10)22(4)15(13)25/h6-7,9,13H,5,8H2,1-4H3,(H,26,27). The number of fused-ring (bicyclic) bond motifs is 1. The summed E-state index contributed by atoms with van der Waals surface area (Å²) in [4.78, 5) is 38.3. The molecule has 148 valence electrons. The van der Waals surface area contributed by atoms with Crippen molar-refractivity contribution in [2.24, 2.45) is 0 Å². The van der Waals surface area contributed by atoms with Crippen LogP contribution in [0.25, 0.3) is 0 Å². The minimum atomic E-state index is -4.99. The average Bonchev–Trinajstić information content (AvgIpc) is 2.63. The Hall–Kier alpha value is -2.58. The second-order valence-electron chi connectivity index (χ2n) is 7.45. The Morgan fingerprint density at radius 2 is 1.81 bits per heavy atom. The molecule has 27 heavy (non-hydrogen) atoms. The zero-order valence-corrected chi connectivity index (χ0v) is 15.4. The van der Waals surface area contributed by atoms with Crippen molar-refractivity contribution in [1.29, 1.82) is 0 Å². The van der Waals surface area contributed by atoms with Crippen LogP contribution in [0.5, 0.6) is 0 Å². The summed E-state index contributed by atoms with van der Waals surface area (Å²) in [6, 6.07) is 2.45. The SMILES string of the molecule is CN1C(=O)C(N(C(=O)O)C(C)(C)C)CCc2cc(C(=O)C(F)(F)F)ccc21. The van der Waals surface area contributed by atoms with E-state index in [0.29, 0.717) is 11.3 Å². The number of aryl methyl sites for hydroxylation is 1. The maximum atomic E-state index is 12.9. The molecule has 0 aromatic heterocycles. The molecule has 1 heterocycles. The molecule has 0 fully saturated rings. The third-order valence-corrected chi connectivity index (χ3v) is 4.50. The number of rotatable bonds is 2. The van der Waals surface area contributed by atoms with Crippen molar-refractivity contribution in [3.8, 4) is 0 Å². The Morgan fingerprint density at radius 1 is 1.22 bits per heavy atom. The van der Waals surface area contributed by atoms with Crippen LogP contribution < -0.4 is 4.90 Å². The molecule has 1 aromatic carbocycles. The third-order valence-electron chi connectivity index (χ3n) is 4.50. The number of carboxylic acid groups (broad SMARTS) is 1. The molecule has 0 aliphatic carbocycles. The Balaban J connectivity index is 2.44. The van der Waals surface area contributed by atoms with Crippen molar-refractivity contribution in [2.75, 3.05) is 11.9 Å². The maximum Gasteiger partial charge on any atom is 0.454 e. The molecule has 0 saturated heterocycles. The van der Waals surface area contributed by atoms with E-state index in [1.807, 2.05) is 0 Å². The monoisotopic (exact) mass is 386 g/mol. The van der Waals surface area contributed by atoms with Crippen molar-refractivity contribution in [3.05, 3.63) is 29.3 Å². The first-order valence-electron chi connectivity index (χ1n) is 8.29. The lowest BCUT2D eigenvalue weighted by molar-refractivity contribution is -0.124. The molecule has 1 unspecified atom stereocenters. The molecule has 9 heteroatoms. The fraction of sp³-hybridized carbons (Fsp3) is 0.500. The Bertz CT molecular complexity index is 784. The van der Waals surface area contributed by atoms with Crippen molar-refractivity contribution < 1.29 is 32.7 Å². The molecule has 2 rings (SSSR count). The van der Waals surface area contributed by atoms with Crippen LogP contribution in [0.3, 0.4) is 0 Å². The highest BCUT2D eigenvalue weighted by Crippen LogP contribution is 2.32. The van der Waals surface area contributed by atoms with E-state index < -0.39 is 41.1 Å². The molecular formula is C18H21F3N2O4. The van der Waals surface area contributed by atoms with Gasteiger partial charge in [-0.3, -0.25) is 14.5 Å². The molecule has 0 saturated carbocycles. The largest absolute Gasteiger partial charge is 0.465 e. The van der Waals surface area contributed by atoms with E-state index in [4.69, 9.17) is 0 Å². The Labute approximate surface area is 154 Å². The van der Waals surface area contributed by atoms with Gasteiger partial charge in [0.05, 0.1) is 0 Å². The number of anilines is 1. The fourth-order valence-corrected chi connectivity index (χ4v) is 3.30. The van der Waals surface area contributed by atoms with Gasteiger partial charge in [-0.25, -0.2) is 4.79 Å². The summed E-state index contributed by atoms with van der Waals surface area (Å²) in [5.41, 5.74) is -0.601. The topological polar surface area (TPSA) is 77.9 Å². The third kappa shape index (κ3) is 4.06. The first-order chi connectivity index (χ1) is 12.2. The van der Waals surface area contributed by atoms with E-state index in [1.165, 1.54) is 18.0 Å². The van der Waals surface area contributed by atoms with Crippen LogP contribution in [0, 0.1) is 0 Å². The highest BCUT2D eigenvalue weighted by atomic mass is 19.4.